The lowest BCUT2D eigenvalue weighted by molar-refractivity contribution is -0.131. The van der Waals surface area contributed by atoms with Gasteiger partial charge in [-0.15, -0.1) is 0 Å². The van der Waals surface area contributed by atoms with Crippen LogP contribution >= 0.6 is 0 Å². The fourth-order valence-corrected chi connectivity index (χ4v) is 3.33. The van der Waals surface area contributed by atoms with E-state index in [0.29, 0.717) is 5.69 Å². The molecular formula is C17H18N4O2. The van der Waals surface area contributed by atoms with Crippen molar-refractivity contribution in [1.82, 2.24) is 19.8 Å². The van der Waals surface area contributed by atoms with Gasteiger partial charge in [-0.3, -0.25) is 9.48 Å². The maximum atomic E-state index is 12.8. The van der Waals surface area contributed by atoms with Crippen LogP contribution in [0.5, 0.6) is 0 Å². The van der Waals surface area contributed by atoms with Crippen LogP contribution < -0.4 is 0 Å². The highest BCUT2D eigenvalue weighted by atomic mass is 16.5. The van der Waals surface area contributed by atoms with Crippen molar-refractivity contribution in [2.75, 3.05) is 6.54 Å². The molecular weight excluding hydrogens is 292 g/mol. The molecule has 23 heavy (non-hydrogen) atoms. The highest BCUT2D eigenvalue weighted by molar-refractivity contribution is 5.86. The molecule has 1 atom stereocenters. The number of carbonyl (C=O) groups excluding carboxylic acids is 1. The van der Waals surface area contributed by atoms with Crippen LogP contribution in [0, 0.1) is 0 Å². The van der Waals surface area contributed by atoms with Crippen LogP contribution in [-0.2, 0) is 18.3 Å². The summed E-state index contributed by atoms with van der Waals surface area (Å²) in [5, 5.41) is 9.21. The molecule has 1 aromatic carbocycles. The minimum Gasteiger partial charge on any atom is -0.356 e. The van der Waals surface area contributed by atoms with Crippen LogP contribution in [0.1, 0.15) is 30.1 Å². The van der Waals surface area contributed by atoms with Crippen molar-refractivity contribution in [3.05, 3.63) is 47.9 Å². The van der Waals surface area contributed by atoms with Crippen molar-refractivity contribution in [3.63, 3.8) is 0 Å². The van der Waals surface area contributed by atoms with Crippen LogP contribution in [0.3, 0.4) is 0 Å². The standard InChI is InChI=1S/C17H18N4O2/c1-20-11-12(10-18-20)15-6-4-8-21(15)17(22)9-14-13-5-2-3-7-16(13)23-19-14/h2-3,5,7,10-11,15H,4,6,8-9H2,1H3/t15-/m0/s1. The lowest BCUT2D eigenvalue weighted by atomic mass is 10.1. The number of benzene rings is 1. The van der Waals surface area contributed by atoms with E-state index >= 15 is 0 Å². The number of para-hydroxylation sites is 1. The zero-order chi connectivity index (χ0) is 15.8. The zero-order valence-corrected chi connectivity index (χ0v) is 13.0. The Morgan fingerprint density at radius 1 is 1.39 bits per heavy atom. The fourth-order valence-electron chi connectivity index (χ4n) is 3.33. The van der Waals surface area contributed by atoms with Crippen LogP contribution in [0.15, 0.2) is 41.2 Å². The maximum absolute atomic E-state index is 12.8. The van der Waals surface area contributed by atoms with E-state index in [-0.39, 0.29) is 18.4 Å². The lowest BCUT2D eigenvalue weighted by Crippen LogP contribution is -2.31. The Hall–Kier alpha value is -2.63. The van der Waals surface area contributed by atoms with Gasteiger partial charge in [0.25, 0.3) is 0 Å². The first-order chi connectivity index (χ1) is 11.2. The molecule has 3 heterocycles. The Labute approximate surface area is 133 Å². The van der Waals surface area contributed by atoms with Gasteiger partial charge < -0.3 is 9.42 Å². The van der Waals surface area contributed by atoms with E-state index < -0.39 is 0 Å². The maximum Gasteiger partial charge on any atom is 0.229 e. The van der Waals surface area contributed by atoms with Crippen molar-refractivity contribution in [1.29, 1.82) is 0 Å². The average molecular weight is 310 g/mol. The number of hydrogen-bond acceptors (Lipinski definition) is 4. The molecule has 1 amide bonds. The van der Waals surface area contributed by atoms with Crippen LogP contribution in [0.4, 0.5) is 0 Å². The molecule has 1 aliphatic heterocycles. The summed E-state index contributed by atoms with van der Waals surface area (Å²) in [6.45, 7) is 0.786. The Morgan fingerprint density at radius 2 is 2.26 bits per heavy atom. The fraction of sp³-hybridized carbons (Fsp3) is 0.353. The second kappa shape index (κ2) is 5.53. The highest BCUT2D eigenvalue weighted by Gasteiger charge is 2.31. The number of likely N-dealkylation sites (tertiary alicyclic amines) is 1. The SMILES string of the molecule is Cn1cc([C@@H]2CCCN2C(=O)Cc2noc3ccccc23)cn1. The Bertz CT molecular complexity index is 851. The number of hydrogen-bond donors (Lipinski definition) is 0. The van der Waals surface area contributed by atoms with Gasteiger partial charge in [0.1, 0.15) is 5.69 Å². The van der Waals surface area contributed by atoms with Crippen LogP contribution in [0.2, 0.25) is 0 Å². The normalized spacial score (nSPS) is 18.0. The number of aromatic nitrogens is 3. The minimum atomic E-state index is 0.0930. The first-order valence-electron chi connectivity index (χ1n) is 7.83. The number of aryl methyl sites for hydroxylation is 1. The molecule has 1 aliphatic rings. The molecule has 118 valence electrons. The first kappa shape index (κ1) is 14.0. The van der Waals surface area contributed by atoms with Gasteiger partial charge in [-0.25, -0.2) is 0 Å². The van der Waals surface area contributed by atoms with Gasteiger partial charge >= 0.3 is 0 Å². The van der Waals surface area contributed by atoms with E-state index in [9.17, 15) is 4.79 Å². The Kier molecular flexibility index (Phi) is 3.37. The second-order valence-corrected chi connectivity index (χ2v) is 5.99. The number of nitrogens with zero attached hydrogens (tertiary/aromatic N) is 4. The van der Waals surface area contributed by atoms with Crippen molar-refractivity contribution in [2.45, 2.75) is 25.3 Å². The first-order valence-corrected chi connectivity index (χ1v) is 7.83. The van der Waals surface area contributed by atoms with Gasteiger partial charge in [-0.1, -0.05) is 17.3 Å². The quantitative estimate of drug-likeness (QED) is 0.745. The van der Waals surface area contributed by atoms with Gasteiger partial charge in [0, 0.05) is 30.7 Å². The number of amides is 1. The zero-order valence-electron chi connectivity index (χ0n) is 13.0. The summed E-state index contributed by atoms with van der Waals surface area (Å²) in [6.07, 6.45) is 6.11. The molecule has 0 bridgehead atoms. The van der Waals surface area contributed by atoms with Gasteiger partial charge in [0.2, 0.25) is 5.91 Å². The van der Waals surface area contributed by atoms with E-state index in [1.54, 1.807) is 4.68 Å². The second-order valence-electron chi connectivity index (χ2n) is 5.99. The van der Waals surface area contributed by atoms with Crippen LogP contribution in [-0.4, -0.2) is 32.3 Å². The molecule has 1 saturated heterocycles. The summed E-state index contributed by atoms with van der Waals surface area (Å²) in [7, 11) is 1.89. The Morgan fingerprint density at radius 3 is 3.09 bits per heavy atom. The molecule has 0 N–H and O–H groups in total. The minimum absolute atomic E-state index is 0.0930. The topological polar surface area (TPSA) is 64.2 Å². The summed E-state index contributed by atoms with van der Waals surface area (Å²) < 4.78 is 7.07. The van der Waals surface area contributed by atoms with Gasteiger partial charge in [-0.05, 0) is 25.0 Å². The smallest absolute Gasteiger partial charge is 0.229 e. The number of carbonyl (C=O) groups is 1. The number of rotatable bonds is 3. The molecule has 0 spiro atoms. The highest BCUT2D eigenvalue weighted by Crippen LogP contribution is 2.32. The molecule has 0 aliphatic carbocycles. The molecule has 3 aromatic rings. The predicted octanol–water partition coefficient (Wildman–Crippen LogP) is 2.47. The molecule has 0 unspecified atom stereocenters. The predicted molar refractivity (Wildman–Crippen MR) is 84.6 cm³/mol. The third-order valence-corrected chi connectivity index (χ3v) is 4.45. The molecule has 0 radical (unpaired) electrons. The number of fused-ring (bicyclic) bond motifs is 1. The van der Waals surface area contributed by atoms with E-state index in [0.717, 1.165) is 35.9 Å². The van der Waals surface area contributed by atoms with E-state index in [1.165, 1.54) is 0 Å². The molecule has 1 fully saturated rings. The third kappa shape index (κ3) is 2.50. The summed E-state index contributed by atoms with van der Waals surface area (Å²) in [5.74, 6) is 0.0930. The summed E-state index contributed by atoms with van der Waals surface area (Å²) in [6, 6.07) is 7.76. The van der Waals surface area contributed by atoms with Crippen molar-refractivity contribution in [2.24, 2.45) is 7.05 Å². The van der Waals surface area contributed by atoms with E-state index in [4.69, 9.17) is 4.52 Å². The van der Waals surface area contributed by atoms with Crippen molar-refractivity contribution < 1.29 is 9.32 Å². The monoisotopic (exact) mass is 310 g/mol. The lowest BCUT2D eigenvalue weighted by Gasteiger charge is -2.23. The Balaban J connectivity index is 1.56. The molecule has 6 nitrogen and oxygen atoms in total. The average Bonchev–Trinajstić information content (AvgIpc) is 3.26. The molecule has 0 saturated carbocycles. The molecule has 4 rings (SSSR count). The van der Waals surface area contributed by atoms with Gasteiger partial charge in [0.15, 0.2) is 5.58 Å². The van der Waals surface area contributed by atoms with Crippen molar-refractivity contribution >= 4 is 16.9 Å². The molecule has 6 heteroatoms. The summed E-state index contributed by atoms with van der Waals surface area (Å²) in [5.41, 5.74) is 2.53. The van der Waals surface area contributed by atoms with Crippen LogP contribution in [0.25, 0.3) is 11.0 Å². The third-order valence-electron chi connectivity index (χ3n) is 4.45. The van der Waals surface area contributed by atoms with Crippen molar-refractivity contribution in [3.8, 4) is 0 Å². The largest absolute Gasteiger partial charge is 0.356 e. The van der Waals surface area contributed by atoms with Gasteiger partial charge in [-0.2, -0.15) is 5.10 Å². The molecule has 2 aromatic heterocycles. The summed E-state index contributed by atoms with van der Waals surface area (Å²) >= 11 is 0. The van der Waals surface area contributed by atoms with E-state index in [2.05, 4.69) is 10.3 Å². The van der Waals surface area contributed by atoms with Gasteiger partial charge in [0.05, 0.1) is 18.7 Å². The van der Waals surface area contributed by atoms with E-state index in [1.807, 2.05) is 48.6 Å². The summed E-state index contributed by atoms with van der Waals surface area (Å²) in [4.78, 5) is 14.7.